The molecule has 146 valence electrons. The number of fused-ring (bicyclic) bond motifs is 1. The molecule has 0 saturated heterocycles. The summed E-state index contributed by atoms with van der Waals surface area (Å²) < 4.78 is 5.30. The molecule has 1 aliphatic carbocycles. The smallest absolute Gasteiger partial charge is 0.270 e. The number of aromatic nitrogens is 2. The maximum Gasteiger partial charge on any atom is 0.270 e. The Balaban J connectivity index is 1.68. The van der Waals surface area contributed by atoms with Crippen molar-refractivity contribution in [1.82, 2.24) is 15.5 Å². The van der Waals surface area contributed by atoms with Crippen molar-refractivity contribution in [2.75, 3.05) is 0 Å². The minimum Gasteiger partial charge on any atom is -0.391 e. The first-order valence-electron chi connectivity index (χ1n) is 9.82. The Bertz CT molecular complexity index is 992. The molecular weight excluding hydrogens is 354 g/mol. The highest BCUT2D eigenvalue weighted by molar-refractivity contribution is 5.96. The molecule has 28 heavy (non-hydrogen) atoms. The Morgan fingerprint density at radius 3 is 2.79 bits per heavy atom. The van der Waals surface area contributed by atoms with E-state index in [9.17, 15) is 9.90 Å². The number of nitrogens with one attached hydrogen (secondary N) is 1. The molecule has 0 radical (unpaired) electrons. The van der Waals surface area contributed by atoms with Gasteiger partial charge in [0, 0.05) is 17.4 Å². The number of aryl methyl sites for hydroxylation is 2. The maximum atomic E-state index is 12.9. The molecule has 0 unspecified atom stereocenters. The van der Waals surface area contributed by atoms with Crippen molar-refractivity contribution < 1.29 is 14.4 Å². The van der Waals surface area contributed by atoms with Crippen LogP contribution in [0.1, 0.15) is 58.8 Å². The molecule has 6 heteroatoms. The number of carbonyl (C=O) groups excluding carboxylic acids is 1. The predicted molar refractivity (Wildman–Crippen MR) is 106 cm³/mol. The molecule has 4 rings (SSSR count). The van der Waals surface area contributed by atoms with Gasteiger partial charge >= 0.3 is 0 Å². The lowest BCUT2D eigenvalue weighted by molar-refractivity contribution is 0.0714. The number of hydrogen-bond acceptors (Lipinski definition) is 5. The molecule has 1 amide bonds. The number of aliphatic hydroxyl groups is 1. The summed E-state index contributed by atoms with van der Waals surface area (Å²) in [6, 6.07) is 9.46. The second kappa shape index (κ2) is 7.72. The fourth-order valence-electron chi connectivity index (χ4n) is 3.98. The van der Waals surface area contributed by atoms with E-state index in [1.54, 1.807) is 0 Å². The van der Waals surface area contributed by atoms with Gasteiger partial charge in [0.1, 0.15) is 11.5 Å². The van der Waals surface area contributed by atoms with Crippen molar-refractivity contribution in [1.29, 1.82) is 0 Å². The third-order valence-corrected chi connectivity index (χ3v) is 5.63. The fourth-order valence-corrected chi connectivity index (χ4v) is 3.98. The molecule has 2 N–H and O–H groups in total. The van der Waals surface area contributed by atoms with Crippen LogP contribution in [0.25, 0.3) is 10.9 Å². The second-order valence-electron chi connectivity index (χ2n) is 7.60. The summed E-state index contributed by atoms with van der Waals surface area (Å²) >= 11 is 0. The molecule has 3 aromatic rings. The molecule has 1 aliphatic rings. The molecular formula is C22H25N3O3. The number of aliphatic hydroxyl groups excluding tert-OH is 1. The molecule has 0 aliphatic heterocycles. The Kier molecular flexibility index (Phi) is 5.13. The van der Waals surface area contributed by atoms with Gasteiger partial charge in [0.2, 0.25) is 0 Å². The zero-order chi connectivity index (χ0) is 19.7. The molecule has 6 nitrogen and oxygen atoms in total. The van der Waals surface area contributed by atoms with Crippen LogP contribution >= 0.6 is 0 Å². The van der Waals surface area contributed by atoms with Crippen molar-refractivity contribution in [2.45, 2.75) is 58.1 Å². The average Bonchev–Trinajstić information content (AvgIpc) is 3.01. The molecule has 2 heterocycles. The highest BCUT2D eigenvalue weighted by Gasteiger charge is 2.25. The van der Waals surface area contributed by atoms with Crippen molar-refractivity contribution in [3.05, 3.63) is 58.6 Å². The number of pyridine rings is 1. The average molecular weight is 379 g/mol. The van der Waals surface area contributed by atoms with Crippen LogP contribution in [0.3, 0.4) is 0 Å². The lowest BCUT2D eigenvalue weighted by atomic mass is 9.92. The third kappa shape index (κ3) is 3.64. The van der Waals surface area contributed by atoms with E-state index in [2.05, 4.69) is 15.5 Å². The van der Waals surface area contributed by atoms with Gasteiger partial charge in [-0.3, -0.25) is 4.79 Å². The molecule has 2 aromatic heterocycles. The van der Waals surface area contributed by atoms with Crippen LogP contribution in [0.4, 0.5) is 0 Å². The minimum absolute atomic E-state index is 0.208. The van der Waals surface area contributed by atoms with Gasteiger partial charge in [-0.05, 0) is 44.4 Å². The van der Waals surface area contributed by atoms with Crippen molar-refractivity contribution in [2.24, 2.45) is 0 Å². The van der Waals surface area contributed by atoms with Gasteiger partial charge in [-0.1, -0.05) is 36.2 Å². The van der Waals surface area contributed by atoms with E-state index in [4.69, 9.17) is 4.52 Å². The number of carbonyl (C=O) groups is 1. The number of amides is 1. The van der Waals surface area contributed by atoms with E-state index in [-0.39, 0.29) is 11.9 Å². The summed E-state index contributed by atoms with van der Waals surface area (Å²) in [5.74, 6) is 0.548. The zero-order valence-corrected chi connectivity index (χ0v) is 16.2. The van der Waals surface area contributed by atoms with E-state index in [0.717, 1.165) is 59.2 Å². The first-order valence-corrected chi connectivity index (χ1v) is 9.82. The summed E-state index contributed by atoms with van der Waals surface area (Å²) in [7, 11) is 0. The maximum absolute atomic E-state index is 12.9. The van der Waals surface area contributed by atoms with Crippen LogP contribution in [-0.2, 0) is 6.42 Å². The van der Waals surface area contributed by atoms with E-state index in [0.29, 0.717) is 12.1 Å². The van der Waals surface area contributed by atoms with Crippen LogP contribution in [0, 0.1) is 13.8 Å². The molecule has 1 aromatic carbocycles. The zero-order valence-electron chi connectivity index (χ0n) is 16.2. The summed E-state index contributed by atoms with van der Waals surface area (Å²) in [5, 5.41) is 18.2. The van der Waals surface area contributed by atoms with Gasteiger partial charge in [-0.25, -0.2) is 4.98 Å². The Labute approximate surface area is 164 Å². The number of para-hydroxylation sites is 1. The van der Waals surface area contributed by atoms with Gasteiger partial charge in [0.25, 0.3) is 5.91 Å². The molecule has 1 fully saturated rings. The third-order valence-electron chi connectivity index (χ3n) is 5.63. The number of rotatable bonds is 4. The highest BCUT2D eigenvalue weighted by Crippen LogP contribution is 2.25. The fraction of sp³-hybridized carbons (Fsp3) is 0.409. The number of hydrogen-bond donors (Lipinski definition) is 2. The first-order chi connectivity index (χ1) is 13.5. The van der Waals surface area contributed by atoms with Crippen molar-refractivity contribution in [3.63, 3.8) is 0 Å². The standard InChI is InChI=1S/C22H25N3O3/c1-13-17(14(2)28-25-13)11-15-12-20(23-18-8-4-3-7-16(15)18)22(27)24-19-9-5-6-10-21(19)26/h3-4,7-8,12,19,21,26H,5-6,9-11H2,1-2H3,(H,24,27)/t19-,21-/m0/s1. The molecule has 2 atom stereocenters. The van der Waals surface area contributed by atoms with Crippen LogP contribution in [0.15, 0.2) is 34.9 Å². The number of benzene rings is 1. The largest absolute Gasteiger partial charge is 0.391 e. The molecule has 1 saturated carbocycles. The lowest BCUT2D eigenvalue weighted by Crippen LogP contribution is -2.45. The van der Waals surface area contributed by atoms with Crippen LogP contribution in [0.5, 0.6) is 0 Å². The highest BCUT2D eigenvalue weighted by atomic mass is 16.5. The van der Waals surface area contributed by atoms with E-state index in [1.807, 2.05) is 44.2 Å². The minimum atomic E-state index is -0.486. The molecule has 0 spiro atoms. The monoisotopic (exact) mass is 379 g/mol. The second-order valence-corrected chi connectivity index (χ2v) is 7.60. The van der Waals surface area contributed by atoms with Crippen LogP contribution < -0.4 is 5.32 Å². The van der Waals surface area contributed by atoms with Crippen LogP contribution in [-0.4, -0.2) is 33.3 Å². The number of nitrogens with zero attached hydrogens (tertiary/aromatic N) is 2. The Morgan fingerprint density at radius 2 is 2.04 bits per heavy atom. The van der Waals surface area contributed by atoms with E-state index >= 15 is 0 Å². The lowest BCUT2D eigenvalue weighted by Gasteiger charge is -2.28. The van der Waals surface area contributed by atoms with Gasteiger partial charge in [-0.2, -0.15) is 0 Å². The molecule has 0 bridgehead atoms. The predicted octanol–water partition coefficient (Wildman–Crippen LogP) is 3.46. The Morgan fingerprint density at radius 1 is 1.25 bits per heavy atom. The SMILES string of the molecule is Cc1noc(C)c1Cc1cc(C(=O)N[C@H]2CCCC[C@@H]2O)nc2ccccc12. The summed E-state index contributed by atoms with van der Waals surface area (Å²) in [5.41, 5.74) is 4.05. The quantitative estimate of drug-likeness (QED) is 0.725. The normalized spacial score (nSPS) is 19.7. The summed E-state index contributed by atoms with van der Waals surface area (Å²) in [4.78, 5) is 17.4. The van der Waals surface area contributed by atoms with Gasteiger partial charge in [0.05, 0.1) is 23.4 Å². The van der Waals surface area contributed by atoms with Crippen molar-refractivity contribution in [3.8, 4) is 0 Å². The van der Waals surface area contributed by atoms with E-state index in [1.165, 1.54) is 0 Å². The van der Waals surface area contributed by atoms with Gasteiger partial charge < -0.3 is 14.9 Å². The van der Waals surface area contributed by atoms with Crippen molar-refractivity contribution >= 4 is 16.8 Å². The van der Waals surface area contributed by atoms with E-state index < -0.39 is 6.10 Å². The van der Waals surface area contributed by atoms with Gasteiger partial charge in [-0.15, -0.1) is 0 Å². The van der Waals surface area contributed by atoms with Crippen LogP contribution in [0.2, 0.25) is 0 Å². The Hall–Kier alpha value is -2.73. The van der Waals surface area contributed by atoms with Gasteiger partial charge in [0.15, 0.2) is 0 Å². The summed E-state index contributed by atoms with van der Waals surface area (Å²) in [6.07, 6.45) is 3.68. The summed E-state index contributed by atoms with van der Waals surface area (Å²) in [6.45, 7) is 3.82. The first kappa shape index (κ1) is 18.6. The topological polar surface area (TPSA) is 88.2 Å².